The lowest BCUT2D eigenvalue weighted by molar-refractivity contribution is -0.138. The molecule has 1 aromatic heterocycles. The second kappa shape index (κ2) is 4.93. The van der Waals surface area contributed by atoms with Crippen molar-refractivity contribution in [1.29, 1.82) is 0 Å². The first-order chi connectivity index (χ1) is 8.47. The topological polar surface area (TPSA) is 35.0 Å². The van der Waals surface area contributed by atoms with Crippen LogP contribution in [-0.4, -0.2) is 9.97 Å². The quantitative estimate of drug-likeness (QED) is 0.837. The van der Waals surface area contributed by atoms with Gasteiger partial charge in [-0.05, 0) is 28.1 Å². The number of para-hydroxylation sites is 1. The van der Waals surface area contributed by atoms with E-state index in [1.54, 1.807) is 0 Å². The Morgan fingerprint density at radius 3 is 2.28 bits per heavy atom. The van der Waals surface area contributed by atoms with E-state index in [0.29, 0.717) is 4.47 Å². The summed E-state index contributed by atoms with van der Waals surface area (Å²) in [5.41, 5.74) is -0.864. The molecule has 1 aromatic carbocycles. The van der Waals surface area contributed by atoms with Crippen molar-refractivity contribution in [3.63, 3.8) is 0 Å². The van der Waals surface area contributed by atoms with E-state index in [1.165, 1.54) is 30.6 Å². The van der Waals surface area contributed by atoms with Crippen molar-refractivity contribution in [3.8, 4) is 11.8 Å². The van der Waals surface area contributed by atoms with Crippen molar-refractivity contribution in [1.82, 2.24) is 9.97 Å². The first-order valence-corrected chi connectivity index (χ1v) is 5.58. The molecule has 18 heavy (non-hydrogen) atoms. The maximum atomic E-state index is 12.7. The Bertz CT molecular complexity index is 543. The minimum Gasteiger partial charge on any atom is -0.424 e. The van der Waals surface area contributed by atoms with Gasteiger partial charge in [-0.15, -0.1) is 0 Å². The molecule has 1 heterocycles. The summed E-state index contributed by atoms with van der Waals surface area (Å²) in [5.74, 6) is -0.327. The fourth-order valence-corrected chi connectivity index (χ4v) is 1.45. The lowest BCUT2D eigenvalue weighted by atomic mass is 10.2. The molecule has 3 nitrogen and oxygen atoms in total. The second-order valence-electron chi connectivity index (χ2n) is 3.28. The Morgan fingerprint density at radius 1 is 1.06 bits per heavy atom. The largest absolute Gasteiger partial charge is 0.424 e. The van der Waals surface area contributed by atoms with Gasteiger partial charge < -0.3 is 4.74 Å². The Hall–Kier alpha value is -1.63. The molecule has 0 amide bonds. The summed E-state index contributed by atoms with van der Waals surface area (Å²) in [6.07, 6.45) is -1.71. The third-order valence-electron chi connectivity index (χ3n) is 1.99. The maximum Gasteiger partial charge on any atom is 0.419 e. The minimum absolute atomic E-state index is 0.144. The van der Waals surface area contributed by atoms with Gasteiger partial charge in [0, 0.05) is 12.4 Å². The summed E-state index contributed by atoms with van der Waals surface area (Å²) in [4.78, 5) is 7.50. The summed E-state index contributed by atoms with van der Waals surface area (Å²) >= 11 is 3.12. The van der Waals surface area contributed by atoms with E-state index >= 15 is 0 Å². The van der Waals surface area contributed by atoms with Crippen LogP contribution >= 0.6 is 15.9 Å². The third kappa shape index (κ3) is 2.98. The van der Waals surface area contributed by atoms with E-state index in [4.69, 9.17) is 4.74 Å². The summed E-state index contributed by atoms with van der Waals surface area (Å²) in [6.45, 7) is 0. The van der Waals surface area contributed by atoms with Crippen molar-refractivity contribution in [2.24, 2.45) is 0 Å². The molecular formula is C11H6BrF3N2O. The highest BCUT2D eigenvalue weighted by Crippen LogP contribution is 2.37. The minimum atomic E-state index is -4.48. The standard InChI is InChI=1S/C11H6BrF3N2O/c12-7-5-16-10(17-6-7)18-9-4-2-1-3-8(9)11(13,14)15/h1-6H. The highest BCUT2D eigenvalue weighted by Gasteiger charge is 2.34. The van der Waals surface area contributed by atoms with Gasteiger partial charge in [0.05, 0.1) is 10.0 Å². The fraction of sp³-hybridized carbons (Fsp3) is 0.0909. The van der Waals surface area contributed by atoms with Crippen LogP contribution in [0.25, 0.3) is 0 Å². The number of benzene rings is 1. The van der Waals surface area contributed by atoms with Crippen LogP contribution in [0, 0.1) is 0 Å². The van der Waals surface area contributed by atoms with Crippen LogP contribution in [0.2, 0.25) is 0 Å². The first kappa shape index (κ1) is 12.8. The molecule has 0 aliphatic carbocycles. The van der Waals surface area contributed by atoms with Crippen molar-refractivity contribution >= 4 is 15.9 Å². The van der Waals surface area contributed by atoms with Gasteiger partial charge in [0.25, 0.3) is 0 Å². The zero-order chi connectivity index (χ0) is 13.2. The van der Waals surface area contributed by atoms with Crippen LogP contribution in [-0.2, 0) is 6.18 Å². The summed E-state index contributed by atoms with van der Waals surface area (Å²) in [5, 5.41) is 0. The van der Waals surface area contributed by atoms with E-state index in [0.717, 1.165) is 6.07 Å². The van der Waals surface area contributed by atoms with Gasteiger partial charge in [-0.25, -0.2) is 9.97 Å². The molecule has 0 unspecified atom stereocenters. The van der Waals surface area contributed by atoms with Crippen LogP contribution in [0.4, 0.5) is 13.2 Å². The fourth-order valence-electron chi connectivity index (χ4n) is 1.24. The average molecular weight is 319 g/mol. The zero-order valence-electron chi connectivity index (χ0n) is 8.78. The van der Waals surface area contributed by atoms with E-state index in [2.05, 4.69) is 25.9 Å². The highest BCUT2D eigenvalue weighted by atomic mass is 79.9. The number of halogens is 4. The maximum absolute atomic E-state index is 12.7. The molecule has 94 valence electrons. The zero-order valence-corrected chi connectivity index (χ0v) is 10.4. The Balaban J connectivity index is 2.32. The molecule has 0 radical (unpaired) electrons. The number of rotatable bonds is 2. The SMILES string of the molecule is FC(F)(F)c1ccccc1Oc1ncc(Br)cn1. The average Bonchev–Trinajstić information content (AvgIpc) is 2.31. The molecule has 0 N–H and O–H groups in total. The number of ether oxygens (including phenoxy) is 1. The molecule has 0 spiro atoms. The van der Waals surface area contributed by atoms with Gasteiger partial charge in [-0.2, -0.15) is 13.2 Å². The molecule has 0 fully saturated rings. The van der Waals surface area contributed by atoms with Crippen LogP contribution < -0.4 is 4.74 Å². The Labute approximate surface area is 109 Å². The van der Waals surface area contributed by atoms with Gasteiger partial charge in [0.1, 0.15) is 5.75 Å². The summed E-state index contributed by atoms with van der Waals surface area (Å²) < 4.78 is 43.7. The van der Waals surface area contributed by atoms with Crippen molar-refractivity contribution in [3.05, 3.63) is 46.7 Å². The van der Waals surface area contributed by atoms with Gasteiger partial charge >= 0.3 is 12.2 Å². The third-order valence-corrected chi connectivity index (χ3v) is 2.40. The van der Waals surface area contributed by atoms with E-state index in [-0.39, 0.29) is 11.8 Å². The van der Waals surface area contributed by atoms with Crippen molar-refractivity contribution in [2.45, 2.75) is 6.18 Å². The van der Waals surface area contributed by atoms with Gasteiger partial charge in [0.15, 0.2) is 0 Å². The lowest BCUT2D eigenvalue weighted by Crippen LogP contribution is -2.07. The number of aromatic nitrogens is 2. The predicted octanol–water partition coefficient (Wildman–Crippen LogP) is 4.05. The van der Waals surface area contributed by atoms with E-state index in [1.807, 2.05) is 0 Å². The normalized spacial score (nSPS) is 11.3. The van der Waals surface area contributed by atoms with E-state index in [9.17, 15) is 13.2 Å². The van der Waals surface area contributed by atoms with Crippen molar-refractivity contribution in [2.75, 3.05) is 0 Å². The first-order valence-electron chi connectivity index (χ1n) is 4.78. The van der Waals surface area contributed by atoms with Gasteiger partial charge in [-0.1, -0.05) is 12.1 Å². The number of alkyl halides is 3. The molecular weight excluding hydrogens is 313 g/mol. The molecule has 0 aliphatic rings. The molecule has 0 atom stereocenters. The monoisotopic (exact) mass is 318 g/mol. The van der Waals surface area contributed by atoms with Gasteiger partial charge in [0.2, 0.25) is 0 Å². The second-order valence-corrected chi connectivity index (χ2v) is 4.20. The molecule has 0 aliphatic heterocycles. The molecule has 0 bridgehead atoms. The molecule has 0 saturated carbocycles. The molecule has 7 heteroatoms. The van der Waals surface area contributed by atoms with Crippen molar-refractivity contribution < 1.29 is 17.9 Å². The summed E-state index contributed by atoms with van der Waals surface area (Å²) in [7, 11) is 0. The Morgan fingerprint density at radius 2 is 1.67 bits per heavy atom. The molecule has 2 aromatic rings. The Kier molecular flexibility index (Phi) is 3.51. The van der Waals surface area contributed by atoms with Crippen LogP contribution in [0.15, 0.2) is 41.1 Å². The number of hydrogen-bond acceptors (Lipinski definition) is 3. The highest BCUT2D eigenvalue weighted by molar-refractivity contribution is 9.10. The summed E-state index contributed by atoms with van der Waals surface area (Å²) in [6, 6.07) is 4.75. The van der Waals surface area contributed by atoms with Crippen LogP contribution in [0.3, 0.4) is 0 Å². The lowest BCUT2D eigenvalue weighted by Gasteiger charge is -2.11. The predicted molar refractivity (Wildman–Crippen MR) is 61.3 cm³/mol. The van der Waals surface area contributed by atoms with Gasteiger partial charge in [-0.3, -0.25) is 0 Å². The van der Waals surface area contributed by atoms with Crippen LogP contribution in [0.5, 0.6) is 11.8 Å². The molecule has 0 saturated heterocycles. The van der Waals surface area contributed by atoms with Crippen LogP contribution in [0.1, 0.15) is 5.56 Å². The smallest absolute Gasteiger partial charge is 0.419 e. The number of hydrogen-bond donors (Lipinski definition) is 0. The number of nitrogens with zero attached hydrogens (tertiary/aromatic N) is 2. The van der Waals surface area contributed by atoms with E-state index < -0.39 is 11.7 Å². The molecule has 2 rings (SSSR count).